The molecule has 16 nitrogen and oxygen atoms in total. The smallest absolute Gasteiger partial charge is 0.332 e. The Morgan fingerprint density at radius 3 is 1.26 bits per heavy atom. The number of allylic oxidation sites excluding steroid dienone is 15. The maximum Gasteiger partial charge on any atom is 0.332 e. The minimum atomic E-state index is -0.480. The van der Waals surface area contributed by atoms with Gasteiger partial charge in [-0.2, -0.15) is 0 Å². The molecule has 0 aromatic heterocycles. The fraction of sp³-hybridized carbons (Fsp3) is 0.698. The Kier molecular flexibility index (Phi) is 77.2. The highest BCUT2D eigenvalue weighted by molar-refractivity contribution is 5.85. The van der Waals surface area contributed by atoms with Gasteiger partial charge in [-0.3, -0.25) is 0 Å². The van der Waals surface area contributed by atoms with Crippen LogP contribution in [0.15, 0.2) is 167 Å². The zero-order chi connectivity index (χ0) is 110. The molecule has 2 aromatic carbocycles. The molecule has 0 amide bonds. The highest BCUT2D eigenvalue weighted by atomic mass is 16.6. The molecule has 2 aromatic rings. The summed E-state index contributed by atoms with van der Waals surface area (Å²) in [4.78, 5) is 56.4. The molecule has 0 N–H and O–H groups in total. The summed E-state index contributed by atoms with van der Waals surface area (Å²) in [5, 5.41) is 0. The van der Waals surface area contributed by atoms with Gasteiger partial charge in [-0.15, -0.1) is 6.42 Å². The number of hydrogen-bond acceptors (Lipinski definition) is 16. The molecule has 3 aliphatic rings. The van der Waals surface area contributed by atoms with Gasteiger partial charge in [-0.05, 0) is 362 Å². The lowest BCUT2D eigenvalue weighted by molar-refractivity contribution is -0.141. The number of rotatable bonds is 64. The van der Waals surface area contributed by atoms with Crippen LogP contribution < -0.4 is 4.74 Å². The summed E-state index contributed by atoms with van der Waals surface area (Å²) >= 11 is 0. The second kappa shape index (κ2) is 80.3. The van der Waals surface area contributed by atoms with E-state index in [4.69, 9.17) is 49.1 Å². The minimum Gasteiger partial charge on any atom is -0.494 e. The van der Waals surface area contributed by atoms with E-state index >= 15 is 0 Å². The van der Waals surface area contributed by atoms with Gasteiger partial charge >= 0.3 is 29.8 Å². The maximum atomic E-state index is 11.5. The van der Waals surface area contributed by atoms with Crippen molar-refractivity contribution in [3.63, 3.8) is 0 Å². The number of methoxy groups -OCH3 is 4. The SMILES string of the molecule is C#CC(C)OC(=O)/C=C(C)/C=C/CC(C)CCCC(C)C.CC/C(=C\CC/C(C)=C/C(=O)OC)CCCC1OC1(C)C.CCC(CCCc1ccc(C)cc1)CCCC(C)(C)OC.CCC(CCOc1ccc(C)cc1)CCC1OC1(C)CC.CCOC(=O)/C=C(C)/C=C/CC(C)CCCC(C)C.COC(=O)/C=C(\C)CC/C=C(\C)CCCC1OC1(C)C.COC(C)(C)CCCC(C)C/C=C/C(C)=C/C(=O)OC(C)C. The highest BCUT2D eigenvalue weighted by Crippen LogP contribution is 2.44. The Morgan fingerprint density at radius 2 is 0.862 bits per heavy atom. The van der Waals surface area contributed by atoms with Crippen molar-refractivity contribution in [2.75, 3.05) is 41.7 Å². The molecule has 145 heavy (non-hydrogen) atoms. The van der Waals surface area contributed by atoms with E-state index in [1.165, 1.54) is 170 Å². The first-order valence-electron chi connectivity index (χ1n) is 56.0. The standard InChI is InChI=1S/C20H34O.C19H34O3.2C19H30O2.C18H30O3.C17H28O3.C17H30O2/c1-6-18(11-8-16-20(3,4)21-5)9-7-10-19-14-12-17(2)13-15-19;1-15(2)22-18(20)14-17(4)11-8-10-16(3)12-9-13-19(5,6)21-7;1-5-16(9-12-18-19(4,6-2)21-18)13-14-20-17-10-7-15(3)8-11-17;1-7-18(6)21-19(20)14-17(5)13-9-12-16(4)11-8-10-15(2)3;1-6-15(11-8-12-16-18(3,4)21-16)10-7-9-14(2)13-17(19)20-5;1-13(9-7-11-15-17(3,4)20-15)8-6-10-14(2)12-16(18)19-5;1-6-19-17(18)13-16(5)12-8-11-15(4)10-7-9-14(2)3/h12-15,18H,6-11,16H2,1-5H3;8,11,14-16H,9-10,12-13H2,1-7H3;7-8,10-11,16,18H,5-6,9,12-14H2,1-4H3;1,9,13-16,18H,8,10-12H2,2-6H3;10,13,16H,6-9,11-12H2,1-5H3;8,12,15H,6-7,9-11H2,1-5H3;8,12-15H,6-7,9-11H2,1-5H3/b;11-8+,17-14+;;13-9+,17-14+;14-13+,15-10+;13-8+,14-12+;12-8+,16-13+. The molecule has 0 bridgehead atoms. The first kappa shape index (κ1) is 139. The van der Waals surface area contributed by atoms with Gasteiger partial charge in [-0.25, -0.2) is 24.0 Å². The first-order valence-corrected chi connectivity index (χ1v) is 56.0. The summed E-state index contributed by atoms with van der Waals surface area (Å²) in [5.41, 5.74) is 12.4. The fourth-order valence-electron chi connectivity index (χ4n) is 16.4. The lowest BCUT2D eigenvalue weighted by atomic mass is 9.90. The molecule has 0 saturated carbocycles. The van der Waals surface area contributed by atoms with Gasteiger partial charge in [0.1, 0.15) is 5.75 Å². The van der Waals surface area contributed by atoms with E-state index in [0.29, 0.717) is 42.7 Å². The summed E-state index contributed by atoms with van der Waals surface area (Å²) < 4.78 is 57.9. The molecule has 3 heterocycles. The van der Waals surface area contributed by atoms with Crippen LogP contribution in [-0.2, 0) is 77.8 Å². The molecule has 3 fully saturated rings. The van der Waals surface area contributed by atoms with Crippen LogP contribution in [0.5, 0.6) is 5.75 Å². The van der Waals surface area contributed by atoms with Gasteiger partial charge in [0.2, 0.25) is 0 Å². The number of hydrogen-bond donors (Lipinski definition) is 0. The molecule has 5 rings (SSSR count). The van der Waals surface area contributed by atoms with Crippen molar-refractivity contribution in [3.8, 4) is 18.1 Å². The summed E-state index contributed by atoms with van der Waals surface area (Å²) in [6.45, 7) is 68.9. The molecule has 0 radical (unpaired) electrons. The Labute approximate surface area is 889 Å². The molecule has 0 aliphatic carbocycles. The predicted molar refractivity (Wildman–Crippen MR) is 613 cm³/mol. The largest absolute Gasteiger partial charge is 0.494 e. The van der Waals surface area contributed by atoms with E-state index in [1.807, 2.05) is 80.7 Å². The minimum absolute atomic E-state index is 0.0222. The summed E-state index contributed by atoms with van der Waals surface area (Å²) in [6, 6.07) is 17.3. The van der Waals surface area contributed by atoms with Gasteiger partial charge in [0.25, 0.3) is 0 Å². The number of esters is 5. The van der Waals surface area contributed by atoms with Crippen LogP contribution in [0.25, 0.3) is 0 Å². The zero-order valence-electron chi connectivity index (χ0n) is 99.3. The summed E-state index contributed by atoms with van der Waals surface area (Å²) in [5.74, 6) is 7.16. The van der Waals surface area contributed by atoms with E-state index in [2.05, 4.69) is 254 Å². The van der Waals surface area contributed by atoms with Crippen LogP contribution in [0, 0.1) is 67.6 Å². The molecular weight excluding hydrogens is 1810 g/mol. The molecule has 10 atom stereocenters. The summed E-state index contributed by atoms with van der Waals surface area (Å²) in [7, 11) is 6.40. The molecule has 3 aliphatic heterocycles. The quantitative estimate of drug-likeness (QED) is 0.0115. The Morgan fingerprint density at radius 1 is 0.448 bits per heavy atom. The van der Waals surface area contributed by atoms with Crippen molar-refractivity contribution in [1.29, 1.82) is 0 Å². The third kappa shape index (κ3) is 79.1. The molecule has 10 unspecified atom stereocenters. The summed E-state index contributed by atoms with van der Waals surface area (Å²) in [6.07, 6.45) is 71.9. The number of epoxide rings is 3. The molecule has 828 valence electrons. The van der Waals surface area contributed by atoms with Crippen molar-refractivity contribution in [3.05, 3.63) is 183 Å². The van der Waals surface area contributed by atoms with Crippen molar-refractivity contribution < 1.29 is 76.1 Å². The lowest BCUT2D eigenvalue weighted by Gasteiger charge is -2.24. The highest BCUT2D eigenvalue weighted by Gasteiger charge is 2.50. The first-order chi connectivity index (χ1) is 68.2. The van der Waals surface area contributed by atoms with Crippen LogP contribution in [0.4, 0.5) is 0 Å². The van der Waals surface area contributed by atoms with Crippen LogP contribution in [0.2, 0.25) is 0 Å². The average Bonchev–Trinajstić information content (AvgIpc) is 1.64. The third-order valence-corrected chi connectivity index (χ3v) is 27.6. The average molecular weight is 2020 g/mol. The zero-order valence-corrected chi connectivity index (χ0v) is 99.3. The van der Waals surface area contributed by atoms with E-state index in [1.54, 1.807) is 38.3 Å². The Bertz CT molecular complexity index is 4150. The Hall–Kier alpha value is -7.65. The van der Waals surface area contributed by atoms with Crippen LogP contribution in [-0.4, -0.2) is 130 Å². The monoisotopic (exact) mass is 2020 g/mol. The van der Waals surface area contributed by atoms with Crippen LogP contribution in [0.3, 0.4) is 0 Å². The molecule has 16 heteroatoms. The van der Waals surface area contributed by atoms with E-state index in [9.17, 15) is 24.0 Å². The fourth-order valence-corrected chi connectivity index (χ4v) is 16.4. The second-order valence-corrected chi connectivity index (χ2v) is 45.0. The van der Waals surface area contributed by atoms with E-state index in [-0.39, 0.29) is 64.0 Å². The maximum absolute atomic E-state index is 11.5. The van der Waals surface area contributed by atoms with Gasteiger partial charge in [0.05, 0.1) is 79.9 Å². The van der Waals surface area contributed by atoms with Crippen LogP contribution in [0.1, 0.15) is 443 Å². The van der Waals surface area contributed by atoms with Crippen molar-refractivity contribution in [1.82, 2.24) is 0 Å². The number of carbonyl (C=O) groups excluding carboxylic acids is 5. The number of ether oxygens (including phenoxy) is 11. The van der Waals surface area contributed by atoms with Gasteiger partial charge in [0.15, 0.2) is 6.10 Å². The van der Waals surface area contributed by atoms with Gasteiger partial charge < -0.3 is 52.1 Å². The van der Waals surface area contributed by atoms with E-state index < -0.39 is 6.10 Å². The van der Waals surface area contributed by atoms with Crippen molar-refractivity contribution in [2.45, 2.75) is 505 Å². The third-order valence-electron chi connectivity index (χ3n) is 27.6. The molecule has 3 saturated heterocycles. The Balaban J connectivity index is 0. The second-order valence-electron chi connectivity index (χ2n) is 45.0. The van der Waals surface area contributed by atoms with E-state index in [0.717, 1.165) is 167 Å². The van der Waals surface area contributed by atoms with Crippen LogP contribution >= 0.6 is 0 Å². The van der Waals surface area contributed by atoms with Crippen molar-refractivity contribution >= 4 is 29.8 Å². The predicted octanol–water partition coefficient (Wildman–Crippen LogP) is 34.7. The van der Waals surface area contributed by atoms with Crippen molar-refractivity contribution in [2.24, 2.45) is 41.4 Å². The van der Waals surface area contributed by atoms with Gasteiger partial charge in [-0.1, -0.05) is 284 Å². The topological polar surface area (TPSA) is 197 Å². The lowest BCUT2D eigenvalue weighted by Crippen LogP contribution is -2.22. The number of terminal acetylenes is 1. The normalized spacial score (nSPS) is 18.0. The number of aryl methyl sites for hydroxylation is 3. The molecule has 0 spiro atoms. The molecular formula is C129H216O16. The number of benzene rings is 2. The van der Waals surface area contributed by atoms with Gasteiger partial charge in [0, 0.05) is 44.6 Å². The number of carbonyl (C=O) groups is 5.